The van der Waals surface area contributed by atoms with Gasteiger partial charge in [-0.3, -0.25) is 0 Å². The van der Waals surface area contributed by atoms with Gasteiger partial charge in [-0.15, -0.1) is 0 Å². The molecule has 0 radical (unpaired) electrons. The topological polar surface area (TPSA) is 40.7 Å². The van der Waals surface area contributed by atoms with E-state index < -0.39 is 0 Å². The monoisotopic (exact) mass is 255 g/mol. The van der Waals surface area contributed by atoms with Gasteiger partial charge in [0.1, 0.15) is 11.5 Å². The Labute approximate surface area is 110 Å². The van der Waals surface area contributed by atoms with Crippen molar-refractivity contribution in [1.29, 1.82) is 0 Å². The fourth-order valence-corrected chi connectivity index (χ4v) is 2.10. The van der Waals surface area contributed by atoms with Crippen molar-refractivity contribution >= 4 is 11.0 Å². The molecule has 0 spiro atoms. The van der Waals surface area contributed by atoms with Crippen molar-refractivity contribution in [3.05, 3.63) is 65.7 Å². The zero-order valence-corrected chi connectivity index (χ0v) is 10.4. The first-order chi connectivity index (χ1) is 9.33. The Morgan fingerprint density at radius 1 is 1.11 bits per heavy atom. The molecule has 2 heterocycles. The SMILES string of the molecule is Fc1ccc(CNCc2c[nH]c3ncccc23)cc1. The van der Waals surface area contributed by atoms with Crippen molar-refractivity contribution in [1.82, 2.24) is 15.3 Å². The maximum Gasteiger partial charge on any atom is 0.137 e. The van der Waals surface area contributed by atoms with Crippen LogP contribution in [0.1, 0.15) is 11.1 Å². The van der Waals surface area contributed by atoms with Crippen LogP contribution in [0.5, 0.6) is 0 Å². The van der Waals surface area contributed by atoms with E-state index >= 15 is 0 Å². The Morgan fingerprint density at radius 2 is 1.95 bits per heavy atom. The molecule has 1 aromatic carbocycles. The maximum atomic E-state index is 12.8. The van der Waals surface area contributed by atoms with Crippen LogP contribution in [0, 0.1) is 5.82 Å². The summed E-state index contributed by atoms with van der Waals surface area (Å²) in [6, 6.07) is 10.5. The molecule has 3 aromatic rings. The highest BCUT2D eigenvalue weighted by Gasteiger charge is 2.03. The van der Waals surface area contributed by atoms with Gasteiger partial charge >= 0.3 is 0 Å². The molecule has 0 unspecified atom stereocenters. The third-order valence-corrected chi connectivity index (χ3v) is 3.09. The zero-order valence-electron chi connectivity index (χ0n) is 10.4. The Hall–Kier alpha value is -2.20. The second-order valence-corrected chi connectivity index (χ2v) is 4.44. The number of hydrogen-bond donors (Lipinski definition) is 2. The number of nitrogens with one attached hydrogen (secondary N) is 2. The van der Waals surface area contributed by atoms with Crippen molar-refractivity contribution in [2.24, 2.45) is 0 Å². The number of fused-ring (bicyclic) bond motifs is 1. The summed E-state index contributed by atoms with van der Waals surface area (Å²) in [5.74, 6) is -0.202. The van der Waals surface area contributed by atoms with Gasteiger partial charge in [-0.1, -0.05) is 12.1 Å². The molecule has 0 aliphatic rings. The van der Waals surface area contributed by atoms with Crippen LogP contribution in [-0.2, 0) is 13.1 Å². The minimum absolute atomic E-state index is 0.202. The lowest BCUT2D eigenvalue weighted by Crippen LogP contribution is -2.12. The quantitative estimate of drug-likeness (QED) is 0.752. The molecule has 3 nitrogen and oxygen atoms in total. The summed E-state index contributed by atoms with van der Waals surface area (Å²) in [6.07, 6.45) is 3.74. The lowest BCUT2D eigenvalue weighted by atomic mass is 10.2. The second-order valence-electron chi connectivity index (χ2n) is 4.44. The van der Waals surface area contributed by atoms with Crippen molar-refractivity contribution in [2.75, 3.05) is 0 Å². The van der Waals surface area contributed by atoms with Gasteiger partial charge < -0.3 is 10.3 Å². The van der Waals surface area contributed by atoms with Gasteiger partial charge in [0, 0.05) is 30.9 Å². The molecule has 4 heteroatoms. The van der Waals surface area contributed by atoms with Crippen molar-refractivity contribution < 1.29 is 4.39 Å². The molecule has 2 aromatic heterocycles. The number of benzene rings is 1. The van der Waals surface area contributed by atoms with Crippen molar-refractivity contribution in [3.63, 3.8) is 0 Å². The van der Waals surface area contributed by atoms with Crippen LogP contribution in [-0.4, -0.2) is 9.97 Å². The first-order valence-electron chi connectivity index (χ1n) is 6.19. The number of aromatic amines is 1. The highest BCUT2D eigenvalue weighted by molar-refractivity contribution is 5.79. The summed E-state index contributed by atoms with van der Waals surface area (Å²) in [4.78, 5) is 7.40. The van der Waals surface area contributed by atoms with Gasteiger partial charge in [0.25, 0.3) is 0 Å². The molecule has 0 fully saturated rings. The Morgan fingerprint density at radius 3 is 2.79 bits per heavy atom. The Balaban J connectivity index is 1.65. The van der Waals surface area contributed by atoms with Crippen LogP contribution in [0.25, 0.3) is 11.0 Å². The molecular weight excluding hydrogens is 241 g/mol. The summed E-state index contributed by atoms with van der Waals surface area (Å²) in [5.41, 5.74) is 3.16. The molecule has 0 atom stereocenters. The van der Waals surface area contributed by atoms with Gasteiger partial charge in [-0.05, 0) is 35.4 Å². The first-order valence-corrected chi connectivity index (χ1v) is 6.19. The van der Waals surface area contributed by atoms with Gasteiger partial charge in [-0.2, -0.15) is 0 Å². The predicted molar refractivity (Wildman–Crippen MR) is 73.0 cm³/mol. The largest absolute Gasteiger partial charge is 0.346 e. The fraction of sp³-hybridized carbons (Fsp3) is 0.133. The summed E-state index contributed by atoms with van der Waals surface area (Å²) >= 11 is 0. The predicted octanol–water partition coefficient (Wildman–Crippen LogP) is 2.99. The standard InChI is InChI=1S/C15H14FN3/c16-13-5-3-11(4-6-13)8-17-9-12-10-19-15-14(12)2-1-7-18-15/h1-7,10,17H,8-9H2,(H,18,19). The average Bonchev–Trinajstić information content (AvgIpc) is 2.85. The number of pyridine rings is 1. The van der Waals surface area contributed by atoms with Crippen LogP contribution < -0.4 is 5.32 Å². The minimum atomic E-state index is -0.202. The number of rotatable bonds is 4. The Bertz CT molecular complexity index is 673. The normalized spacial score (nSPS) is 11.0. The van der Waals surface area contributed by atoms with E-state index in [1.807, 2.05) is 18.3 Å². The van der Waals surface area contributed by atoms with Gasteiger partial charge in [0.05, 0.1) is 0 Å². The zero-order chi connectivity index (χ0) is 13.1. The smallest absolute Gasteiger partial charge is 0.137 e. The number of halogens is 1. The van der Waals surface area contributed by atoms with E-state index in [0.717, 1.165) is 23.1 Å². The molecule has 0 saturated heterocycles. The molecule has 0 aliphatic heterocycles. The van der Waals surface area contributed by atoms with Crippen LogP contribution in [0.3, 0.4) is 0 Å². The van der Waals surface area contributed by atoms with E-state index in [2.05, 4.69) is 15.3 Å². The lowest BCUT2D eigenvalue weighted by Gasteiger charge is -2.04. The van der Waals surface area contributed by atoms with Crippen LogP contribution >= 0.6 is 0 Å². The van der Waals surface area contributed by atoms with Crippen LogP contribution in [0.2, 0.25) is 0 Å². The molecule has 0 aliphatic carbocycles. The van der Waals surface area contributed by atoms with E-state index in [1.54, 1.807) is 18.3 Å². The van der Waals surface area contributed by atoms with Crippen molar-refractivity contribution in [2.45, 2.75) is 13.1 Å². The number of aromatic nitrogens is 2. The molecule has 3 rings (SSSR count). The highest BCUT2D eigenvalue weighted by atomic mass is 19.1. The second kappa shape index (κ2) is 5.20. The van der Waals surface area contributed by atoms with Crippen LogP contribution in [0.15, 0.2) is 48.8 Å². The maximum absolute atomic E-state index is 12.8. The molecule has 0 bridgehead atoms. The molecule has 2 N–H and O–H groups in total. The first kappa shape index (κ1) is 11.9. The van der Waals surface area contributed by atoms with Gasteiger partial charge in [0.2, 0.25) is 0 Å². The summed E-state index contributed by atoms with van der Waals surface area (Å²) in [5, 5.41) is 4.48. The van der Waals surface area contributed by atoms with E-state index in [-0.39, 0.29) is 5.82 Å². The molecule has 19 heavy (non-hydrogen) atoms. The van der Waals surface area contributed by atoms with E-state index in [9.17, 15) is 4.39 Å². The van der Waals surface area contributed by atoms with Crippen LogP contribution in [0.4, 0.5) is 4.39 Å². The number of hydrogen-bond acceptors (Lipinski definition) is 2. The average molecular weight is 255 g/mol. The number of nitrogens with zero attached hydrogens (tertiary/aromatic N) is 1. The molecule has 96 valence electrons. The summed E-state index contributed by atoms with van der Waals surface area (Å²) in [6.45, 7) is 1.47. The molecule has 0 amide bonds. The minimum Gasteiger partial charge on any atom is -0.346 e. The highest BCUT2D eigenvalue weighted by Crippen LogP contribution is 2.15. The Kier molecular flexibility index (Phi) is 3.25. The summed E-state index contributed by atoms with van der Waals surface area (Å²) < 4.78 is 12.8. The van der Waals surface area contributed by atoms with Crippen molar-refractivity contribution in [3.8, 4) is 0 Å². The van der Waals surface area contributed by atoms with E-state index in [0.29, 0.717) is 6.54 Å². The molecule has 0 saturated carbocycles. The third-order valence-electron chi connectivity index (χ3n) is 3.09. The fourth-order valence-electron chi connectivity index (χ4n) is 2.10. The van der Waals surface area contributed by atoms with Gasteiger partial charge in [-0.25, -0.2) is 9.37 Å². The summed E-state index contributed by atoms with van der Waals surface area (Å²) in [7, 11) is 0. The number of H-pyrrole nitrogens is 1. The third kappa shape index (κ3) is 2.63. The lowest BCUT2D eigenvalue weighted by molar-refractivity contribution is 0.625. The van der Waals surface area contributed by atoms with E-state index in [4.69, 9.17) is 0 Å². The van der Waals surface area contributed by atoms with E-state index in [1.165, 1.54) is 17.7 Å². The van der Waals surface area contributed by atoms with Gasteiger partial charge in [0.15, 0.2) is 0 Å². The molecular formula is C15H14FN3.